The molecule has 12 nitrogen and oxygen atoms in total. The molecule has 1 N–H and O–H groups in total. The minimum atomic E-state index is -4.01. The smallest absolute Gasteiger partial charge is 0.408 e. The highest BCUT2D eigenvalue weighted by Gasteiger charge is 2.31. The largest absolute Gasteiger partial charge is 0.497 e. The van der Waals surface area contributed by atoms with Crippen LogP contribution in [0.2, 0.25) is 5.02 Å². The Hall–Kier alpha value is -5.61. The highest BCUT2D eigenvalue weighted by molar-refractivity contribution is 7.92. The molecule has 0 aliphatic heterocycles. The number of nitrogens with one attached hydrogen (secondary N) is 1. The number of nitrogens with zero attached hydrogens (tertiary/aromatic N) is 5. The molecule has 0 radical (unpaired) electrons. The van der Waals surface area contributed by atoms with Crippen molar-refractivity contribution >= 4 is 55.3 Å². The molecule has 2 aromatic heterocycles. The second kappa shape index (κ2) is 14.9. The van der Waals surface area contributed by atoms with E-state index in [1.165, 1.54) is 37.0 Å². The van der Waals surface area contributed by atoms with Crippen molar-refractivity contribution in [3.05, 3.63) is 123 Å². The summed E-state index contributed by atoms with van der Waals surface area (Å²) in [6.07, 6.45) is -0.231. The van der Waals surface area contributed by atoms with E-state index in [2.05, 4.69) is 15.4 Å². The fourth-order valence-electron chi connectivity index (χ4n) is 6.20. The number of carbonyl (C=O) groups is 1. The molecule has 0 saturated heterocycles. The summed E-state index contributed by atoms with van der Waals surface area (Å²) in [6, 6.07) is 14.6. The average molecular weight is 797 g/mol. The van der Waals surface area contributed by atoms with Gasteiger partial charge in [0.2, 0.25) is 10.0 Å². The number of methoxy groups -OCH3 is 1. The zero-order valence-corrected chi connectivity index (χ0v) is 32.1. The van der Waals surface area contributed by atoms with Gasteiger partial charge >= 0.3 is 6.09 Å². The number of hydrogen-bond donors (Lipinski definition) is 1. The summed E-state index contributed by atoms with van der Waals surface area (Å²) in [7, 11) is -0.972. The molecule has 6 aromatic rings. The van der Waals surface area contributed by atoms with Crippen molar-refractivity contribution in [2.45, 2.75) is 45.4 Å². The van der Waals surface area contributed by atoms with E-state index in [4.69, 9.17) is 21.1 Å². The minimum absolute atomic E-state index is 0.0132. The number of anilines is 1. The topological polar surface area (TPSA) is 138 Å². The maximum atomic E-state index is 14.6. The molecule has 0 saturated carbocycles. The van der Waals surface area contributed by atoms with E-state index in [-0.39, 0.29) is 62.7 Å². The van der Waals surface area contributed by atoms with Gasteiger partial charge in [-0.2, -0.15) is 5.10 Å². The Kier molecular flexibility index (Phi) is 10.6. The molecule has 0 bridgehead atoms. The molecule has 0 aliphatic carbocycles. The molecule has 4 aromatic carbocycles. The number of hydrogen-bond acceptors (Lipinski definition) is 8. The van der Waals surface area contributed by atoms with Gasteiger partial charge < -0.3 is 14.8 Å². The fraction of sp³-hybridized carbons (Fsp3) is 0.263. The number of rotatable bonds is 10. The number of alkyl carbamates (subject to hydrolysis) is 1. The van der Waals surface area contributed by atoms with E-state index in [0.717, 1.165) is 39.4 Å². The number of aromatic nitrogens is 4. The van der Waals surface area contributed by atoms with Gasteiger partial charge in [0.1, 0.15) is 34.6 Å². The normalized spacial score (nSPS) is 12.5. The van der Waals surface area contributed by atoms with Crippen molar-refractivity contribution in [3.63, 3.8) is 0 Å². The number of ether oxygens (including phenoxy) is 2. The maximum absolute atomic E-state index is 14.6. The van der Waals surface area contributed by atoms with Gasteiger partial charge in [-0.3, -0.25) is 14.0 Å². The van der Waals surface area contributed by atoms with Crippen LogP contribution in [-0.4, -0.2) is 52.8 Å². The first-order valence-corrected chi connectivity index (χ1v) is 19.0. The van der Waals surface area contributed by atoms with Gasteiger partial charge in [-0.25, -0.2) is 35.7 Å². The van der Waals surface area contributed by atoms with Crippen LogP contribution in [0.3, 0.4) is 0 Å². The second-order valence-corrected chi connectivity index (χ2v) is 16.1. The van der Waals surface area contributed by atoms with Crippen LogP contribution in [0.25, 0.3) is 27.5 Å². The number of aryl methyl sites for hydroxylation is 1. The van der Waals surface area contributed by atoms with Crippen molar-refractivity contribution in [1.29, 1.82) is 0 Å². The van der Waals surface area contributed by atoms with Gasteiger partial charge in [-0.05, 0) is 80.4 Å². The lowest BCUT2D eigenvalue weighted by Gasteiger charge is -2.26. The molecule has 17 heteroatoms. The van der Waals surface area contributed by atoms with Crippen LogP contribution in [0.4, 0.5) is 23.8 Å². The average Bonchev–Trinajstić information content (AvgIpc) is 3.43. The molecule has 1 atom stereocenters. The third-order valence-corrected chi connectivity index (χ3v) is 9.90. The maximum Gasteiger partial charge on any atom is 0.408 e. The standard InChI is InChI=1S/C38H36ClF3N6O6S/c1-38(2,3)54-37(50)44-30(17-22-15-24(41)18-25(42)16-22)34-43-29-19-23(40)9-12-27(29)36(49)48(34)31-14-13-28(39)32-33(31)46(4)45-35(32)47(55(6,51)52)20-21-7-10-26(53-5)11-8-21/h7-16,18-19,30H,17,20H2,1-6H3,(H,44,50). The summed E-state index contributed by atoms with van der Waals surface area (Å²) < 4.78 is 84.6. The van der Waals surface area contributed by atoms with Crippen molar-refractivity contribution in [3.8, 4) is 11.4 Å². The van der Waals surface area contributed by atoms with E-state index in [1.807, 2.05) is 0 Å². The zero-order chi connectivity index (χ0) is 40.0. The van der Waals surface area contributed by atoms with Crippen LogP contribution in [0, 0.1) is 17.5 Å². The Balaban J connectivity index is 1.63. The quantitative estimate of drug-likeness (QED) is 0.155. The first kappa shape index (κ1) is 39.1. The zero-order valence-electron chi connectivity index (χ0n) is 30.5. The summed E-state index contributed by atoms with van der Waals surface area (Å²) in [5, 5.41) is 7.50. The Morgan fingerprint density at radius 1 is 0.964 bits per heavy atom. The lowest BCUT2D eigenvalue weighted by Crippen LogP contribution is -2.39. The van der Waals surface area contributed by atoms with Crippen molar-refractivity contribution in [2.75, 3.05) is 17.7 Å². The monoisotopic (exact) mass is 796 g/mol. The SMILES string of the molecule is COc1ccc(CN(c2nn(C)c3c(-n4c(C(Cc5cc(F)cc(F)c5)NC(=O)OC(C)(C)C)nc5cc(F)ccc5c4=O)ccc(Cl)c23)S(C)(=O)=O)cc1. The molecular weight excluding hydrogens is 761 g/mol. The third kappa shape index (κ3) is 8.39. The Morgan fingerprint density at radius 2 is 1.64 bits per heavy atom. The molecule has 1 unspecified atom stereocenters. The van der Waals surface area contributed by atoms with Gasteiger partial charge in [0.25, 0.3) is 5.56 Å². The highest BCUT2D eigenvalue weighted by Crippen LogP contribution is 2.38. The number of carbonyl (C=O) groups excluding carboxylic acids is 1. The number of sulfonamides is 1. The molecular formula is C38H36ClF3N6O6S. The summed E-state index contributed by atoms with van der Waals surface area (Å²) in [5.41, 5.74) is -0.785. The van der Waals surface area contributed by atoms with Gasteiger partial charge in [0.05, 0.1) is 58.5 Å². The summed E-state index contributed by atoms with van der Waals surface area (Å²) in [6.45, 7) is 4.76. The van der Waals surface area contributed by atoms with Crippen LogP contribution >= 0.6 is 11.6 Å². The van der Waals surface area contributed by atoms with Crippen molar-refractivity contribution in [2.24, 2.45) is 7.05 Å². The predicted molar refractivity (Wildman–Crippen MR) is 203 cm³/mol. The first-order valence-electron chi connectivity index (χ1n) is 16.8. The Bertz CT molecular complexity index is 2610. The summed E-state index contributed by atoms with van der Waals surface area (Å²) >= 11 is 6.81. The molecule has 2 heterocycles. The Labute approximate surface area is 319 Å². The first-order chi connectivity index (χ1) is 25.8. The molecule has 0 aliphatic rings. The number of amides is 1. The number of halogens is 4. The van der Waals surface area contributed by atoms with E-state index >= 15 is 0 Å². The van der Waals surface area contributed by atoms with Crippen LogP contribution in [0.15, 0.2) is 77.6 Å². The molecule has 0 fully saturated rings. The molecule has 288 valence electrons. The summed E-state index contributed by atoms with van der Waals surface area (Å²) in [5.74, 6) is -2.13. The van der Waals surface area contributed by atoms with Crippen molar-refractivity contribution in [1.82, 2.24) is 24.6 Å². The number of fused-ring (bicyclic) bond motifs is 2. The van der Waals surface area contributed by atoms with Gasteiger partial charge in [-0.1, -0.05) is 23.7 Å². The predicted octanol–water partition coefficient (Wildman–Crippen LogP) is 7.13. The number of benzene rings is 4. The molecule has 6 rings (SSSR count). The minimum Gasteiger partial charge on any atom is -0.497 e. The van der Waals surface area contributed by atoms with Crippen LogP contribution in [0.1, 0.15) is 43.8 Å². The van der Waals surface area contributed by atoms with Gasteiger partial charge in [0.15, 0.2) is 5.82 Å². The van der Waals surface area contributed by atoms with Gasteiger partial charge in [0, 0.05) is 25.6 Å². The van der Waals surface area contributed by atoms with E-state index in [9.17, 15) is 31.2 Å². The molecule has 0 spiro atoms. The van der Waals surface area contributed by atoms with Crippen LogP contribution in [0.5, 0.6) is 5.75 Å². The van der Waals surface area contributed by atoms with Crippen LogP contribution < -0.4 is 19.9 Å². The van der Waals surface area contributed by atoms with Crippen LogP contribution in [-0.2, 0) is 34.8 Å². The molecule has 55 heavy (non-hydrogen) atoms. The van der Waals surface area contributed by atoms with Crippen molar-refractivity contribution < 1.29 is 35.9 Å². The Morgan fingerprint density at radius 3 is 2.25 bits per heavy atom. The van der Waals surface area contributed by atoms with E-state index in [1.54, 1.807) is 45.0 Å². The lowest BCUT2D eigenvalue weighted by atomic mass is 10.0. The molecule has 1 amide bonds. The highest BCUT2D eigenvalue weighted by atomic mass is 35.5. The van der Waals surface area contributed by atoms with E-state index < -0.39 is 50.8 Å². The van der Waals surface area contributed by atoms with E-state index in [0.29, 0.717) is 17.4 Å². The summed E-state index contributed by atoms with van der Waals surface area (Å²) in [4.78, 5) is 32.6. The van der Waals surface area contributed by atoms with Gasteiger partial charge in [-0.15, -0.1) is 0 Å². The third-order valence-electron chi connectivity index (χ3n) is 8.48. The lowest BCUT2D eigenvalue weighted by molar-refractivity contribution is 0.0500. The second-order valence-electron chi connectivity index (χ2n) is 13.8. The fourth-order valence-corrected chi connectivity index (χ4v) is 7.27.